The van der Waals surface area contributed by atoms with E-state index in [0.29, 0.717) is 17.8 Å². The third kappa shape index (κ3) is 9.10. The number of hydrogen-bond donors (Lipinski definition) is 1. The summed E-state index contributed by atoms with van der Waals surface area (Å²) in [6.07, 6.45) is 11.8. The first kappa shape index (κ1) is 41.0. The first-order valence-corrected chi connectivity index (χ1v) is 23.8. The minimum atomic E-state index is -1.86. The topological polar surface area (TPSA) is 55.8 Å². The van der Waals surface area contributed by atoms with Crippen LogP contribution >= 0.6 is 0 Å². The highest BCUT2D eigenvalue weighted by Gasteiger charge is 2.49. The van der Waals surface area contributed by atoms with E-state index in [9.17, 15) is 9.90 Å². The van der Waals surface area contributed by atoms with E-state index in [1.807, 2.05) is 20.8 Å². The second-order valence-electron chi connectivity index (χ2n) is 16.5. The number of carbonyl (C=O) groups is 1. The molecule has 2 aliphatic carbocycles. The highest BCUT2D eigenvalue weighted by atomic mass is 28.4. The summed E-state index contributed by atoms with van der Waals surface area (Å²) in [4.78, 5) is 12.1. The molecule has 46 heavy (non-hydrogen) atoms. The molecule has 2 rings (SSSR count). The van der Waals surface area contributed by atoms with E-state index in [0.717, 1.165) is 43.8 Å². The van der Waals surface area contributed by atoms with Crippen LogP contribution in [0.4, 0.5) is 0 Å². The van der Waals surface area contributed by atoms with E-state index < -0.39 is 28.0 Å². The second kappa shape index (κ2) is 16.5. The Labute approximate surface area is 287 Å². The van der Waals surface area contributed by atoms with Gasteiger partial charge in [0.05, 0.1) is 17.6 Å². The number of fused-ring (bicyclic) bond motifs is 1. The fraction of sp³-hybridized carbons (Fsp3) is 0.825. The van der Waals surface area contributed by atoms with Gasteiger partial charge >= 0.3 is 5.97 Å². The number of allylic oxidation sites excluding steroid dienone is 2. The summed E-state index contributed by atoms with van der Waals surface area (Å²) in [5.74, 6) is 7.80. The Kier molecular flexibility index (Phi) is 14.7. The Morgan fingerprint density at radius 1 is 0.935 bits per heavy atom. The number of carboxylic acids is 1. The van der Waals surface area contributed by atoms with E-state index >= 15 is 0 Å². The number of hydrogen-bond acceptors (Lipinski definition) is 3. The molecule has 0 aliphatic heterocycles. The summed E-state index contributed by atoms with van der Waals surface area (Å²) in [7, 11) is -3.64. The smallest absolute Gasteiger partial charge is 0.309 e. The lowest BCUT2D eigenvalue weighted by atomic mass is 9.66. The maximum atomic E-state index is 12.1. The molecule has 0 radical (unpaired) electrons. The van der Waals surface area contributed by atoms with Gasteiger partial charge < -0.3 is 14.0 Å². The van der Waals surface area contributed by atoms with Crippen LogP contribution in [0.15, 0.2) is 23.8 Å². The van der Waals surface area contributed by atoms with Crippen molar-refractivity contribution < 1.29 is 18.8 Å². The van der Waals surface area contributed by atoms with Crippen molar-refractivity contribution in [2.75, 3.05) is 0 Å². The normalized spacial score (nSPS) is 25.0. The highest BCUT2D eigenvalue weighted by molar-refractivity contribution is 6.74. The average Bonchev–Trinajstić information content (AvgIpc) is 3.56. The third-order valence-electron chi connectivity index (χ3n) is 13.5. The van der Waals surface area contributed by atoms with Gasteiger partial charge in [-0.05, 0) is 114 Å². The molecule has 6 heteroatoms. The molecule has 0 aromatic heterocycles. The van der Waals surface area contributed by atoms with Crippen molar-refractivity contribution in [2.24, 2.45) is 39.9 Å². The fourth-order valence-electron chi connectivity index (χ4n) is 7.99. The van der Waals surface area contributed by atoms with Gasteiger partial charge in [-0.1, -0.05) is 92.0 Å². The summed E-state index contributed by atoms with van der Waals surface area (Å²) in [6, 6.07) is 6.93. The molecule has 0 aromatic carbocycles. The van der Waals surface area contributed by atoms with Crippen LogP contribution in [0.1, 0.15) is 123 Å². The van der Waals surface area contributed by atoms with Gasteiger partial charge in [0, 0.05) is 17.3 Å². The van der Waals surface area contributed by atoms with Gasteiger partial charge in [0.2, 0.25) is 0 Å². The Morgan fingerprint density at radius 2 is 1.48 bits per heavy atom. The van der Waals surface area contributed by atoms with E-state index in [1.165, 1.54) is 23.7 Å². The van der Waals surface area contributed by atoms with E-state index in [2.05, 4.69) is 106 Å². The quantitative estimate of drug-likeness (QED) is 0.0894. The fourth-order valence-corrected chi connectivity index (χ4v) is 13.7. The first-order chi connectivity index (χ1) is 21.4. The summed E-state index contributed by atoms with van der Waals surface area (Å²) >= 11 is 0. The van der Waals surface area contributed by atoms with E-state index in [-0.39, 0.29) is 29.0 Å². The van der Waals surface area contributed by atoms with Gasteiger partial charge in [-0.2, -0.15) is 0 Å². The lowest BCUT2D eigenvalue weighted by molar-refractivity contribution is -0.153. The molecule has 6 atom stereocenters. The zero-order chi connectivity index (χ0) is 35.1. The summed E-state index contributed by atoms with van der Waals surface area (Å²) in [5.41, 5.74) is 0.252. The predicted molar refractivity (Wildman–Crippen MR) is 202 cm³/mol. The highest BCUT2D eigenvalue weighted by Crippen LogP contribution is 2.53. The Balaban J connectivity index is 2.52. The van der Waals surface area contributed by atoms with Crippen LogP contribution in [0.3, 0.4) is 0 Å². The zero-order valence-electron chi connectivity index (χ0n) is 32.4. The maximum absolute atomic E-state index is 12.1. The summed E-state index contributed by atoms with van der Waals surface area (Å²) in [6.45, 7) is 30.8. The van der Waals surface area contributed by atoms with Crippen molar-refractivity contribution in [2.45, 2.75) is 171 Å². The molecule has 0 aromatic rings. The molecule has 1 unspecified atom stereocenters. The molecule has 2 fully saturated rings. The van der Waals surface area contributed by atoms with E-state index in [4.69, 9.17) is 8.85 Å². The molecule has 0 saturated heterocycles. The Hall–Kier alpha value is -1.14. The summed E-state index contributed by atoms with van der Waals surface area (Å²) < 4.78 is 14.6. The van der Waals surface area contributed by atoms with Crippen LogP contribution in [0.2, 0.25) is 36.3 Å². The van der Waals surface area contributed by atoms with Crippen molar-refractivity contribution in [1.82, 2.24) is 0 Å². The molecule has 264 valence electrons. The lowest BCUT2D eigenvalue weighted by Gasteiger charge is -2.39. The molecule has 2 aliphatic rings. The standard InChI is InChI=1S/C40H72O4Si2/c1-15-25-38(9,10)30(8)35(43-45(16-2,17-3)18-4)23-22-33-34-28-31(24-26-39(11,12)40(13,14)37(41)42)27-32(34)29-36(33)44-46(19-5,20-6)21-7/h22-24,30,32-36H,16-21,26-29H2,1-14H3,(H,41,42)/b23-22+,31-24+/t30?,32-,33+,34-,35+,36+/m0/s1. The molecular weight excluding hydrogens is 601 g/mol. The maximum Gasteiger partial charge on any atom is 0.309 e. The van der Waals surface area contributed by atoms with Crippen LogP contribution in [0.25, 0.3) is 0 Å². The van der Waals surface area contributed by atoms with Gasteiger partial charge in [-0.15, -0.1) is 5.92 Å². The molecule has 2 saturated carbocycles. The Morgan fingerprint density at radius 3 is 1.96 bits per heavy atom. The molecule has 0 spiro atoms. The molecule has 1 N–H and O–H groups in total. The van der Waals surface area contributed by atoms with Crippen molar-refractivity contribution in [3.63, 3.8) is 0 Å². The third-order valence-corrected chi connectivity index (χ3v) is 22.8. The zero-order valence-corrected chi connectivity index (χ0v) is 34.4. The molecule has 0 amide bonds. The van der Waals surface area contributed by atoms with Crippen LogP contribution in [0, 0.1) is 51.8 Å². The van der Waals surface area contributed by atoms with Crippen LogP contribution in [-0.2, 0) is 13.6 Å². The van der Waals surface area contributed by atoms with Gasteiger partial charge in [0.25, 0.3) is 0 Å². The van der Waals surface area contributed by atoms with Crippen LogP contribution in [0.5, 0.6) is 0 Å². The minimum Gasteiger partial charge on any atom is -0.481 e. The molecule has 4 nitrogen and oxygen atoms in total. The second-order valence-corrected chi connectivity index (χ2v) is 26.0. The molecule has 0 heterocycles. The SMILES string of the molecule is CC#CC(C)(C)C(C)[C@@H](/C=C/[C@@H]1[C@H]2C/C(=C/CC(C)(C)C(C)(C)C(=O)O)C[C@H]2C[C@H]1O[Si](CC)(CC)CC)O[Si](CC)(CC)CC. The number of carboxylic acid groups (broad SMARTS) is 1. The first-order valence-electron chi connectivity index (χ1n) is 18.8. The summed E-state index contributed by atoms with van der Waals surface area (Å²) in [5, 5.41) is 9.90. The number of aliphatic carboxylic acids is 1. The largest absolute Gasteiger partial charge is 0.481 e. The van der Waals surface area contributed by atoms with Crippen molar-refractivity contribution >= 4 is 22.6 Å². The van der Waals surface area contributed by atoms with Gasteiger partial charge in [-0.3, -0.25) is 4.79 Å². The predicted octanol–water partition coefficient (Wildman–Crippen LogP) is 11.5. The average molecular weight is 673 g/mol. The van der Waals surface area contributed by atoms with E-state index in [1.54, 1.807) is 0 Å². The Bertz CT molecular complexity index is 1100. The van der Waals surface area contributed by atoms with Gasteiger partial charge in [0.15, 0.2) is 16.6 Å². The van der Waals surface area contributed by atoms with Gasteiger partial charge in [-0.25, -0.2) is 0 Å². The monoisotopic (exact) mass is 672 g/mol. The minimum absolute atomic E-state index is 0.0306. The van der Waals surface area contributed by atoms with Crippen molar-refractivity contribution in [1.29, 1.82) is 0 Å². The number of rotatable bonds is 18. The van der Waals surface area contributed by atoms with Crippen LogP contribution < -0.4 is 0 Å². The lowest BCUT2D eigenvalue weighted by Crippen LogP contribution is -2.44. The van der Waals surface area contributed by atoms with Crippen molar-refractivity contribution in [3.05, 3.63) is 23.8 Å². The van der Waals surface area contributed by atoms with Gasteiger partial charge in [0.1, 0.15) is 0 Å². The van der Waals surface area contributed by atoms with Crippen molar-refractivity contribution in [3.8, 4) is 11.8 Å². The molecule has 0 bridgehead atoms. The van der Waals surface area contributed by atoms with Crippen LogP contribution in [-0.4, -0.2) is 39.9 Å². The molecular formula is C40H72O4Si2.